The molecule has 0 aliphatic carbocycles. The van der Waals surface area contributed by atoms with Crippen molar-refractivity contribution < 1.29 is 9.53 Å². The zero-order valence-corrected chi connectivity index (χ0v) is 11.5. The van der Waals surface area contributed by atoms with E-state index in [0.29, 0.717) is 13.0 Å². The molecule has 100 valence electrons. The first-order valence-electron chi connectivity index (χ1n) is 6.88. The molecule has 0 saturated carbocycles. The van der Waals surface area contributed by atoms with E-state index in [2.05, 4.69) is 13.8 Å². The van der Waals surface area contributed by atoms with Gasteiger partial charge in [-0.05, 0) is 17.9 Å². The Morgan fingerprint density at radius 1 is 1.11 bits per heavy atom. The van der Waals surface area contributed by atoms with Crippen molar-refractivity contribution in [1.82, 2.24) is 0 Å². The molecule has 0 bridgehead atoms. The minimum Gasteiger partial charge on any atom is -0.465 e. The van der Waals surface area contributed by atoms with Gasteiger partial charge in [0.1, 0.15) is 0 Å². The lowest BCUT2D eigenvalue weighted by atomic mass is 10.1. The molecule has 0 radical (unpaired) electrons. The molecule has 1 aromatic rings. The molecular formula is C16H24O2. The Balaban J connectivity index is 2.04. The van der Waals surface area contributed by atoms with Gasteiger partial charge in [0.05, 0.1) is 13.0 Å². The van der Waals surface area contributed by atoms with E-state index in [1.165, 1.54) is 12.8 Å². The second-order valence-electron chi connectivity index (χ2n) is 5.13. The molecule has 0 aromatic heterocycles. The summed E-state index contributed by atoms with van der Waals surface area (Å²) in [5.41, 5.74) is 1.02. The van der Waals surface area contributed by atoms with Gasteiger partial charge in [-0.2, -0.15) is 0 Å². The molecule has 0 unspecified atom stereocenters. The number of hydrogen-bond acceptors (Lipinski definition) is 2. The van der Waals surface area contributed by atoms with Crippen LogP contribution in [0.2, 0.25) is 0 Å². The number of esters is 1. The van der Waals surface area contributed by atoms with Crippen molar-refractivity contribution in [3.8, 4) is 0 Å². The molecule has 2 heteroatoms. The van der Waals surface area contributed by atoms with E-state index in [1.54, 1.807) is 0 Å². The van der Waals surface area contributed by atoms with Crippen LogP contribution in [0.3, 0.4) is 0 Å². The molecule has 0 spiro atoms. The van der Waals surface area contributed by atoms with Crippen molar-refractivity contribution in [2.45, 2.75) is 46.0 Å². The smallest absolute Gasteiger partial charge is 0.310 e. The molecule has 0 fully saturated rings. The average molecular weight is 248 g/mol. The SMILES string of the molecule is CC(C)CCCCCOC(=O)Cc1ccccc1. The Kier molecular flexibility index (Phi) is 7.16. The maximum Gasteiger partial charge on any atom is 0.310 e. The van der Waals surface area contributed by atoms with Crippen LogP contribution in [0.4, 0.5) is 0 Å². The first-order valence-corrected chi connectivity index (χ1v) is 6.88. The Hall–Kier alpha value is -1.31. The third-order valence-corrected chi connectivity index (χ3v) is 2.88. The highest BCUT2D eigenvalue weighted by molar-refractivity contribution is 5.72. The fraction of sp³-hybridized carbons (Fsp3) is 0.562. The summed E-state index contributed by atoms with van der Waals surface area (Å²) in [5.74, 6) is 0.649. The van der Waals surface area contributed by atoms with Crippen LogP contribution in [-0.2, 0) is 16.0 Å². The quantitative estimate of drug-likeness (QED) is 0.513. The molecule has 0 heterocycles. The summed E-state index contributed by atoms with van der Waals surface area (Å²) < 4.78 is 5.21. The first-order chi connectivity index (χ1) is 8.68. The Labute approximate surface area is 110 Å². The molecule has 0 amide bonds. The van der Waals surface area contributed by atoms with Crippen molar-refractivity contribution >= 4 is 5.97 Å². The van der Waals surface area contributed by atoms with Gasteiger partial charge in [-0.3, -0.25) is 4.79 Å². The van der Waals surface area contributed by atoms with Crippen LogP contribution in [0, 0.1) is 5.92 Å². The monoisotopic (exact) mass is 248 g/mol. The van der Waals surface area contributed by atoms with Gasteiger partial charge in [-0.15, -0.1) is 0 Å². The van der Waals surface area contributed by atoms with Crippen LogP contribution in [0.1, 0.15) is 45.1 Å². The lowest BCUT2D eigenvalue weighted by Crippen LogP contribution is -2.09. The van der Waals surface area contributed by atoms with E-state index in [4.69, 9.17) is 4.74 Å². The summed E-state index contributed by atoms with van der Waals surface area (Å²) in [7, 11) is 0. The summed E-state index contributed by atoms with van der Waals surface area (Å²) in [6, 6.07) is 9.72. The molecule has 2 nitrogen and oxygen atoms in total. The van der Waals surface area contributed by atoms with Crippen molar-refractivity contribution in [1.29, 1.82) is 0 Å². The third kappa shape index (κ3) is 7.10. The van der Waals surface area contributed by atoms with Crippen molar-refractivity contribution in [2.24, 2.45) is 5.92 Å². The van der Waals surface area contributed by atoms with Crippen LogP contribution < -0.4 is 0 Å². The standard InChI is InChI=1S/C16H24O2/c1-14(2)9-5-4-8-12-18-16(17)13-15-10-6-3-7-11-15/h3,6-7,10-11,14H,4-5,8-9,12-13H2,1-2H3. The van der Waals surface area contributed by atoms with Crippen LogP contribution in [0.15, 0.2) is 30.3 Å². The largest absolute Gasteiger partial charge is 0.465 e. The number of unbranched alkanes of at least 4 members (excludes halogenated alkanes) is 2. The number of benzene rings is 1. The van der Waals surface area contributed by atoms with Crippen LogP contribution >= 0.6 is 0 Å². The minimum atomic E-state index is -0.120. The number of hydrogen-bond donors (Lipinski definition) is 0. The third-order valence-electron chi connectivity index (χ3n) is 2.88. The molecule has 0 aliphatic heterocycles. The topological polar surface area (TPSA) is 26.3 Å². The molecule has 18 heavy (non-hydrogen) atoms. The number of ether oxygens (including phenoxy) is 1. The van der Waals surface area contributed by atoms with Crippen molar-refractivity contribution in [3.63, 3.8) is 0 Å². The van der Waals surface area contributed by atoms with E-state index >= 15 is 0 Å². The van der Waals surface area contributed by atoms with Gasteiger partial charge in [-0.25, -0.2) is 0 Å². The number of rotatable bonds is 8. The fourth-order valence-corrected chi connectivity index (χ4v) is 1.83. The molecule has 0 saturated heterocycles. The van der Waals surface area contributed by atoms with Gasteiger partial charge >= 0.3 is 5.97 Å². The summed E-state index contributed by atoms with van der Waals surface area (Å²) >= 11 is 0. The predicted molar refractivity (Wildman–Crippen MR) is 74.4 cm³/mol. The zero-order valence-electron chi connectivity index (χ0n) is 11.5. The van der Waals surface area contributed by atoms with E-state index in [0.717, 1.165) is 24.3 Å². The second kappa shape index (κ2) is 8.73. The van der Waals surface area contributed by atoms with Gasteiger partial charge in [-0.1, -0.05) is 63.4 Å². The molecule has 1 aromatic carbocycles. The summed E-state index contributed by atoms with van der Waals surface area (Å²) in [6.45, 7) is 5.03. The minimum absolute atomic E-state index is 0.120. The Morgan fingerprint density at radius 3 is 2.50 bits per heavy atom. The first kappa shape index (κ1) is 14.7. The van der Waals surface area contributed by atoms with Gasteiger partial charge in [0, 0.05) is 0 Å². The lowest BCUT2D eigenvalue weighted by molar-refractivity contribution is -0.142. The van der Waals surface area contributed by atoms with Gasteiger partial charge in [0.2, 0.25) is 0 Å². The van der Waals surface area contributed by atoms with Gasteiger partial charge in [0.25, 0.3) is 0 Å². The molecule has 1 rings (SSSR count). The highest BCUT2D eigenvalue weighted by Gasteiger charge is 2.03. The Bertz CT molecular complexity index is 330. The number of carbonyl (C=O) groups is 1. The lowest BCUT2D eigenvalue weighted by Gasteiger charge is -2.06. The van der Waals surface area contributed by atoms with Gasteiger partial charge in [0.15, 0.2) is 0 Å². The fourth-order valence-electron chi connectivity index (χ4n) is 1.83. The van der Waals surface area contributed by atoms with Crippen LogP contribution in [-0.4, -0.2) is 12.6 Å². The molecular weight excluding hydrogens is 224 g/mol. The highest BCUT2D eigenvalue weighted by atomic mass is 16.5. The van der Waals surface area contributed by atoms with Crippen LogP contribution in [0.25, 0.3) is 0 Å². The summed E-state index contributed by atoms with van der Waals surface area (Å²) in [6.07, 6.45) is 5.00. The van der Waals surface area contributed by atoms with Crippen molar-refractivity contribution in [3.05, 3.63) is 35.9 Å². The normalized spacial score (nSPS) is 10.6. The second-order valence-corrected chi connectivity index (χ2v) is 5.13. The maximum absolute atomic E-state index is 11.5. The maximum atomic E-state index is 11.5. The van der Waals surface area contributed by atoms with E-state index < -0.39 is 0 Å². The average Bonchev–Trinajstić information content (AvgIpc) is 2.34. The Morgan fingerprint density at radius 2 is 1.83 bits per heavy atom. The van der Waals surface area contributed by atoms with E-state index in [1.807, 2.05) is 30.3 Å². The summed E-state index contributed by atoms with van der Waals surface area (Å²) in [5, 5.41) is 0. The number of carbonyl (C=O) groups excluding carboxylic acids is 1. The molecule has 0 atom stereocenters. The van der Waals surface area contributed by atoms with Crippen molar-refractivity contribution in [2.75, 3.05) is 6.61 Å². The highest BCUT2D eigenvalue weighted by Crippen LogP contribution is 2.08. The van der Waals surface area contributed by atoms with E-state index in [-0.39, 0.29) is 5.97 Å². The predicted octanol–water partition coefficient (Wildman–Crippen LogP) is 3.99. The molecule has 0 aliphatic rings. The summed E-state index contributed by atoms with van der Waals surface area (Å²) in [4.78, 5) is 11.5. The van der Waals surface area contributed by atoms with E-state index in [9.17, 15) is 4.79 Å². The van der Waals surface area contributed by atoms with Gasteiger partial charge < -0.3 is 4.74 Å². The van der Waals surface area contributed by atoms with Crippen LogP contribution in [0.5, 0.6) is 0 Å². The zero-order chi connectivity index (χ0) is 13.2. The molecule has 0 N–H and O–H groups in total.